The Morgan fingerprint density at radius 1 is 1.37 bits per heavy atom. The number of rotatable bonds is 4. The fourth-order valence-electron chi connectivity index (χ4n) is 3.32. The maximum absolute atomic E-state index is 12.3. The number of likely N-dealkylation sites (tertiary alicyclic amines) is 1. The Labute approximate surface area is 171 Å². The summed E-state index contributed by atoms with van der Waals surface area (Å²) in [6, 6.07) is 1.56. The van der Waals surface area contributed by atoms with Crippen molar-refractivity contribution >= 4 is 39.5 Å². The van der Waals surface area contributed by atoms with Gasteiger partial charge in [-0.15, -0.1) is 0 Å². The van der Waals surface area contributed by atoms with Gasteiger partial charge in [-0.2, -0.15) is 0 Å². The van der Waals surface area contributed by atoms with Gasteiger partial charge in [0, 0.05) is 67.3 Å². The van der Waals surface area contributed by atoms with E-state index in [4.69, 9.17) is 11.6 Å². The molecule has 0 unspecified atom stereocenters. The van der Waals surface area contributed by atoms with E-state index in [1.807, 2.05) is 0 Å². The minimum atomic E-state index is -0.157. The summed E-state index contributed by atoms with van der Waals surface area (Å²) in [7, 11) is 0. The lowest BCUT2D eigenvalue weighted by molar-refractivity contribution is -0.130. The van der Waals surface area contributed by atoms with Crippen molar-refractivity contribution in [2.24, 2.45) is 0 Å². The molecule has 3 amide bonds. The minimum absolute atomic E-state index is 0.0541. The Morgan fingerprint density at radius 2 is 2.04 bits per heavy atom. The number of phenols is 1. The predicted octanol–water partition coefficient (Wildman–Crippen LogP) is 2.03. The third-order valence-electron chi connectivity index (χ3n) is 4.92. The number of benzene rings is 1. The first-order valence-corrected chi connectivity index (χ1v) is 9.94. The van der Waals surface area contributed by atoms with Crippen LogP contribution in [0.15, 0.2) is 23.2 Å². The third kappa shape index (κ3) is 4.23. The van der Waals surface area contributed by atoms with Crippen LogP contribution in [0.25, 0.3) is 0 Å². The standard InChI is InChI=1S/C18H22BrClN4O3/c1-2-14(25)24-9-12(10-24)15-16(20)13(19)7-11(17(15)26)8-22-18(27)23-5-3-21-4-6-23/h2,7,12,21,26H,1,3-6,8-10H2,(H,22,27). The quantitative estimate of drug-likeness (QED) is 0.604. The van der Waals surface area contributed by atoms with E-state index < -0.39 is 0 Å². The number of aromatic hydroxyl groups is 1. The van der Waals surface area contributed by atoms with Gasteiger partial charge in [-0.05, 0) is 28.1 Å². The number of nitrogens with one attached hydrogen (secondary N) is 2. The van der Waals surface area contributed by atoms with Crippen LogP contribution in [-0.2, 0) is 11.3 Å². The molecule has 0 bridgehead atoms. The van der Waals surface area contributed by atoms with Crippen LogP contribution in [0, 0.1) is 0 Å². The van der Waals surface area contributed by atoms with Crippen LogP contribution in [0.5, 0.6) is 5.75 Å². The van der Waals surface area contributed by atoms with Gasteiger partial charge in [-0.3, -0.25) is 4.79 Å². The van der Waals surface area contributed by atoms with E-state index in [0.29, 0.717) is 46.8 Å². The van der Waals surface area contributed by atoms with Gasteiger partial charge in [-0.1, -0.05) is 18.2 Å². The molecule has 146 valence electrons. The summed E-state index contributed by atoms with van der Waals surface area (Å²) >= 11 is 9.81. The van der Waals surface area contributed by atoms with Crippen molar-refractivity contribution in [3.8, 4) is 5.75 Å². The monoisotopic (exact) mass is 456 g/mol. The van der Waals surface area contributed by atoms with Crippen LogP contribution in [0.3, 0.4) is 0 Å². The molecule has 7 nitrogen and oxygen atoms in total. The molecule has 2 aliphatic heterocycles. The van der Waals surface area contributed by atoms with Crippen molar-refractivity contribution in [1.29, 1.82) is 0 Å². The molecule has 0 spiro atoms. The highest BCUT2D eigenvalue weighted by Crippen LogP contribution is 2.43. The zero-order valence-electron chi connectivity index (χ0n) is 14.8. The average Bonchev–Trinajstić information content (AvgIpc) is 2.65. The summed E-state index contributed by atoms with van der Waals surface area (Å²) < 4.78 is 0.650. The normalized spacial score (nSPS) is 17.4. The highest BCUT2D eigenvalue weighted by atomic mass is 79.9. The molecule has 3 N–H and O–H groups in total. The van der Waals surface area contributed by atoms with E-state index in [1.54, 1.807) is 15.9 Å². The first kappa shape index (κ1) is 20.0. The number of phenolic OH excluding ortho intramolecular Hbond substituents is 1. The van der Waals surface area contributed by atoms with Gasteiger partial charge in [0.05, 0.1) is 5.02 Å². The zero-order valence-corrected chi connectivity index (χ0v) is 17.1. The topological polar surface area (TPSA) is 84.9 Å². The molecule has 0 aliphatic carbocycles. The molecule has 1 aromatic carbocycles. The number of nitrogens with zero attached hydrogens (tertiary/aromatic N) is 2. The Kier molecular flexibility index (Phi) is 6.29. The van der Waals surface area contributed by atoms with Crippen molar-refractivity contribution in [2.45, 2.75) is 12.5 Å². The predicted molar refractivity (Wildman–Crippen MR) is 107 cm³/mol. The van der Waals surface area contributed by atoms with E-state index >= 15 is 0 Å². The Morgan fingerprint density at radius 3 is 2.67 bits per heavy atom. The molecular formula is C18H22BrClN4O3. The summed E-state index contributed by atoms with van der Waals surface area (Å²) in [6.07, 6.45) is 1.27. The zero-order chi connectivity index (χ0) is 19.6. The van der Waals surface area contributed by atoms with E-state index in [9.17, 15) is 14.7 Å². The van der Waals surface area contributed by atoms with Crippen LogP contribution >= 0.6 is 27.5 Å². The van der Waals surface area contributed by atoms with Crippen molar-refractivity contribution in [1.82, 2.24) is 20.4 Å². The highest BCUT2D eigenvalue weighted by molar-refractivity contribution is 9.10. The molecule has 1 aromatic rings. The van der Waals surface area contributed by atoms with Crippen molar-refractivity contribution in [3.05, 3.63) is 39.3 Å². The van der Waals surface area contributed by atoms with Crippen molar-refractivity contribution < 1.29 is 14.7 Å². The molecule has 2 aliphatic rings. The van der Waals surface area contributed by atoms with Crippen LogP contribution in [-0.4, -0.2) is 66.1 Å². The van der Waals surface area contributed by atoms with Gasteiger partial charge in [0.2, 0.25) is 5.91 Å². The first-order chi connectivity index (χ1) is 12.9. The van der Waals surface area contributed by atoms with Gasteiger partial charge in [0.1, 0.15) is 5.75 Å². The lowest BCUT2D eigenvalue weighted by Crippen LogP contribution is -2.50. The van der Waals surface area contributed by atoms with Gasteiger partial charge >= 0.3 is 6.03 Å². The number of halogens is 2. The largest absolute Gasteiger partial charge is 0.507 e. The molecule has 3 rings (SSSR count). The van der Waals surface area contributed by atoms with Crippen LogP contribution in [0.1, 0.15) is 17.0 Å². The number of piperazine rings is 1. The number of amides is 3. The van der Waals surface area contributed by atoms with Crippen LogP contribution in [0.4, 0.5) is 4.79 Å². The molecule has 27 heavy (non-hydrogen) atoms. The van der Waals surface area contributed by atoms with Crippen LogP contribution in [0.2, 0.25) is 5.02 Å². The smallest absolute Gasteiger partial charge is 0.317 e. The van der Waals surface area contributed by atoms with Crippen molar-refractivity contribution in [3.63, 3.8) is 0 Å². The van der Waals surface area contributed by atoms with Crippen molar-refractivity contribution in [2.75, 3.05) is 39.3 Å². The summed E-state index contributed by atoms with van der Waals surface area (Å²) in [5.41, 5.74) is 1.18. The number of urea groups is 1. The fraction of sp³-hybridized carbons (Fsp3) is 0.444. The second-order valence-corrected chi connectivity index (χ2v) is 7.87. The Bertz CT molecular complexity index is 761. The van der Waals surface area contributed by atoms with Gasteiger partial charge < -0.3 is 25.5 Å². The lowest BCUT2D eigenvalue weighted by Gasteiger charge is -2.39. The third-order valence-corrected chi connectivity index (χ3v) is 6.18. The number of carbonyl (C=O) groups excluding carboxylic acids is 2. The minimum Gasteiger partial charge on any atom is -0.507 e. The number of carbonyl (C=O) groups is 2. The van der Waals surface area contributed by atoms with E-state index in [2.05, 4.69) is 33.1 Å². The summed E-state index contributed by atoms with van der Waals surface area (Å²) in [5.74, 6) is -0.124. The number of hydrogen-bond donors (Lipinski definition) is 3. The first-order valence-electron chi connectivity index (χ1n) is 8.77. The maximum Gasteiger partial charge on any atom is 0.317 e. The molecular weight excluding hydrogens is 436 g/mol. The van der Waals surface area contributed by atoms with E-state index in [-0.39, 0.29) is 30.2 Å². The maximum atomic E-state index is 12.3. The molecule has 0 aromatic heterocycles. The molecule has 0 saturated carbocycles. The lowest BCUT2D eigenvalue weighted by atomic mass is 9.89. The molecule has 2 saturated heterocycles. The molecule has 0 radical (unpaired) electrons. The molecule has 9 heteroatoms. The number of hydrogen-bond acceptors (Lipinski definition) is 4. The SMILES string of the molecule is C=CC(=O)N1CC(c2c(O)c(CNC(=O)N3CCNCC3)cc(Br)c2Cl)C1. The Balaban J connectivity index is 1.71. The fourth-order valence-corrected chi connectivity index (χ4v) is 4.11. The summed E-state index contributed by atoms with van der Waals surface area (Å²) in [6.45, 7) is 7.48. The van der Waals surface area contributed by atoms with Gasteiger partial charge in [0.25, 0.3) is 0 Å². The summed E-state index contributed by atoms with van der Waals surface area (Å²) in [4.78, 5) is 27.3. The molecule has 2 heterocycles. The summed E-state index contributed by atoms with van der Waals surface area (Å²) in [5, 5.41) is 17.2. The Hall–Kier alpha value is -1.77. The van der Waals surface area contributed by atoms with Gasteiger partial charge in [-0.25, -0.2) is 4.79 Å². The van der Waals surface area contributed by atoms with E-state index in [0.717, 1.165) is 13.1 Å². The molecule has 2 fully saturated rings. The average molecular weight is 458 g/mol. The van der Waals surface area contributed by atoms with E-state index in [1.165, 1.54) is 6.08 Å². The second kappa shape index (κ2) is 8.50. The molecule has 0 atom stereocenters. The van der Waals surface area contributed by atoms with Gasteiger partial charge in [0.15, 0.2) is 0 Å². The second-order valence-electron chi connectivity index (χ2n) is 6.63. The highest BCUT2D eigenvalue weighted by Gasteiger charge is 2.35. The van der Waals surface area contributed by atoms with Crippen LogP contribution < -0.4 is 10.6 Å².